The number of nitrogens with one attached hydrogen (secondary N) is 1. The molecule has 2 aromatic rings. The zero-order valence-electron chi connectivity index (χ0n) is 9.57. The van der Waals surface area contributed by atoms with Gasteiger partial charge >= 0.3 is 0 Å². The van der Waals surface area contributed by atoms with Gasteiger partial charge in [0.05, 0.1) is 0 Å². The first-order valence-corrected chi connectivity index (χ1v) is 5.14. The number of hydrogen-bond donors (Lipinski definition) is 1. The van der Waals surface area contributed by atoms with E-state index in [1.807, 2.05) is 6.92 Å². The van der Waals surface area contributed by atoms with Gasteiger partial charge in [0.2, 0.25) is 11.8 Å². The van der Waals surface area contributed by atoms with Gasteiger partial charge in [-0.2, -0.15) is 4.98 Å². The van der Waals surface area contributed by atoms with E-state index in [2.05, 4.69) is 15.3 Å². The fraction of sp³-hybridized carbons (Fsp3) is 0.167. The summed E-state index contributed by atoms with van der Waals surface area (Å²) >= 11 is 0. The third-order valence-electron chi connectivity index (χ3n) is 2.07. The smallest absolute Gasteiger partial charge is 0.225 e. The molecule has 0 aliphatic rings. The van der Waals surface area contributed by atoms with Crippen LogP contribution in [0.15, 0.2) is 30.3 Å². The summed E-state index contributed by atoms with van der Waals surface area (Å²) in [6.45, 7) is 1.83. The zero-order chi connectivity index (χ0) is 12.3. The lowest BCUT2D eigenvalue weighted by Crippen LogP contribution is -1.99. The maximum atomic E-state index is 13.0. The quantitative estimate of drug-likeness (QED) is 0.885. The van der Waals surface area contributed by atoms with Gasteiger partial charge in [0, 0.05) is 24.9 Å². The molecule has 0 spiro atoms. The lowest BCUT2D eigenvalue weighted by molar-refractivity contribution is 0.457. The van der Waals surface area contributed by atoms with E-state index < -0.39 is 0 Å². The molecule has 0 atom stereocenters. The molecule has 2 rings (SSSR count). The molecule has 0 aliphatic carbocycles. The maximum absolute atomic E-state index is 13.0. The Hall–Kier alpha value is -2.17. The number of aromatic nitrogens is 2. The number of anilines is 1. The molecule has 88 valence electrons. The summed E-state index contributed by atoms with van der Waals surface area (Å²) in [5.41, 5.74) is 0.774. The van der Waals surface area contributed by atoms with Crippen molar-refractivity contribution < 1.29 is 9.13 Å². The Kier molecular flexibility index (Phi) is 3.18. The molecule has 1 heterocycles. The summed E-state index contributed by atoms with van der Waals surface area (Å²) in [4.78, 5) is 8.25. The second-order valence-corrected chi connectivity index (χ2v) is 3.48. The van der Waals surface area contributed by atoms with Gasteiger partial charge in [-0.15, -0.1) is 0 Å². The van der Waals surface area contributed by atoms with Gasteiger partial charge in [-0.05, 0) is 19.1 Å². The molecular weight excluding hydrogens is 221 g/mol. The molecule has 1 N–H and O–H groups in total. The molecule has 0 saturated carbocycles. The number of nitrogens with zero attached hydrogens (tertiary/aromatic N) is 2. The summed E-state index contributed by atoms with van der Waals surface area (Å²) in [5.74, 6) is 0.913. The first kappa shape index (κ1) is 11.3. The first-order valence-electron chi connectivity index (χ1n) is 5.14. The van der Waals surface area contributed by atoms with Crippen LogP contribution in [0.5, 0.6) is 11.6 Å². The van der Waals surface area contributed by atoms with E-state index in [-0.39, 0.29) is 5.82 Å². The number of hydrogen-bond acceptors (Lipinski definition) is 4. The summed E-state index contributed by atoms with van der Waals surface area (Å²) in [6.07, 6.45) is 0. The maximum Gasteiger partial charge on any atom is 0.225 e. The molecule has 4 nitrogen and oxygen atoms in total. The van der Waals surface area contributed by atoms with Crippen LogP contribution in [-0.2, 0) is 0 Å². The average molecular weight is 233 g/mol. The number of rotatable bonds is 3. The van der Waals surface area contributed by atoms with Crippen LogP contribution in [0.25, 0.3) is 0 Å². The van der Waals surface area contributed by atoms with Crippen LogP contribution in [0.2, 0.25) is 0 Å². The normalized spacial score (nSPS) is 10.1. The SMILES string of the molecule is CNc1nc(C)cc(Oc2cccc(F)c2)n1. The summed E-state index contributed by atoms with van der Waals surface area (Å²) in [5, 5.41) is 2.83. The topological polar surface area (TPSA) is 47.0 Å². The van der Waals surface area contributed by atoms with E-state index in [9.17, 15) is 4.39 Å². The van der Waals surface area contributed by atoms with Crippen molar-refractivity contribution >= 4 is 5.95 Å². The third-order valence-corrected chi connectivity index (χ3v) is 2.07. The number of benzene rings is 1. The lowest BCUT2D eigenvalue weighted by atomic mass is 10.3. The second kappa shape index (κ2) is 4.78. The van der Waals surface area contributed by atoms with E-state index in [0.717, 1.165) is 5.69 Å². The number of aryl methyl sites for hydroxylation is 1. The van der Waals surface area contributed by atoms with E-state index in [0.29, 0.717) is 17.6 Å². The Bertz CT molecular complexity index is 531. The Balaban J connectivity index is 2.26. The van der Waals surface area contributed by atoms with Crippen LogP contribution < -0.4 is 10.1 Å². The van der Waals surface area contributed by atoms with Crippen LogP contribution in [0, 0.1) is 12.7 Å². The largest absolute Gasteiger partial charge is 0.439 e. The van der Waals surface area contributed by atoms with Crippen molar-refractivity contribution in [1.82, 2.24) is 9.97 Å². The molecular formula is C12H12FN3O. The lowest BCUT2D eigenvalue weighted by Gasteiger charge is -2.07. The Morgan fingerprint density at radius 2 is 2.06 bits per heavy atom. The van der Waals surface area contributed by atoms with Gasteiger partial charge < -0.3 is 10.1 Å². The highest BCUT2D eigenvalue weighted by molar-refractivity contribution is 5.33. The Morgan fingerprint density at radius 1 is 1.24 bits per heavy atom. The molecule has 0 unspecified atom stereocenters. The van der Waals surface area contributed by atoms with Crippen LogP contribution >= 0.6 is 0 Å². The molecule has 17 heavy (non-hydrogen) atoms. The van der Waals surface area contributed by atoms with E-state index in [1.54, 1.807) is 25.2 Å². The van der Waals surface area contributed by atoms with Crippen LogP contribution in [0.1, 0.15) is 5.69 Å². The Labute approximate surface area is 98.5 Å². The molecule has 1 aromatic heterocycles. The van der Waals surface area contributed by atoms with Crippen molar-refractivity contribution in [3.8, 4) is 11.6 Å². The molecule has 0 aliphatic heterocycles. The minimum absolute atomic E-state index is 0.345. The van der Waals surface area contributed by atoms with Crippen molar-refractivity contribution in [2.75, 3.05) is 12.4 Å². The predicted molar refractivity (Wildman–Crippen MR) is 62.8 cm³/mol. The average Bonchev–Trinajstić information content (AvgIpc) is 2.28. The van der Waals surface area contributed by atoms with Crippen LogP contribution in [0.4, 0.5) is 10.3 Å². The molecule has 5 heteroatoms. The number of halogens is 1. The molecule has 0 fully saturated rings. The van der Waals surface area contributed by atoms with Gasteiger partial charge in [0.25, 0.3) is 0 Å². The third kappa shape index (κ3) is 2.90. The standard InChI is InChI=1S/C12H12FN3O/c1-8-6-11(16-12(14-2)15-8)17-10-5-3-4-9(13)7-10/h3-7H,1-2H3,(H,14,15,16). The van der Waals surface area contributed by atoms with Crippen LogP contribution in [-0.4, -0.2) is 17.0 Å². The van der Waals surface area contributed by atoms with E-state index >= 15 is 0 Å². The van der Waals surface area contributed by atoms with Crippen molar-refractivity contribution in [3.05, 3.63) is 41.8 Å². The van der Waals surface area contributed by atoms with Gasteiger partial charge in [-0.1, -0.05) is 6.07 Å². The highest BCUT2D eigenvalue weighted by Crippen LogP contribution is 2.21. The van der Waals surface area contributed by atoms with Crippen molar-refractivity contribution in [2.24, 2.45) is 0 Å². The van der Waals surface area contributed by atoms with E-state index in [1.165, 1.54) is 12.1 Å². The first-order chi connectivity index (χ1) is 8.17. The minimum atomic E-state index is -0.345. The van der Waals surface area contributed by atoms with Crippen molar-refractivity contribution in [3.63, 3.8) is 0 Å². The fourth-order valence-corrected chi connectivity index (χ4v) is 1.35. The zero-order valence-corrected chi connectivity index (χ0v) is 9.57. The van der Waals surface area contributed by atoms with Gasteiger partial charge in [-0.3, -0.25) is 0 Å². The summed E-state index contributed by atoms with van der Waals surface area (Å²) in [6, 6.07) is 7.59. The molecule has 0 radical (unpaired) electrons. The van der Waals surface area contributed by atoms with Gasteiger partial charge in [-0.25, -0.2) is 9.37 Å². The highest BCUT2D eigenvalue weighted by atomic mass is 19.1. The Morgan fingerprint density at radius 3 is 2.76 bits per heavy atom. The van der Waals surface area contributed by atoms with Gasteiger partial charge in [0.1, 0.15) is 11.6 Å². The monoisotopic (exact) mass is 233 g/mol. The molecule has 0 saturated heterocycles. The van der Waals surface area contributed by atoms with Crippen molar-refractivity contribution in [1.29, 1.82) is 0 Å². The summed E-state index contributed by atoms with van der Waals surface area (Å²) in [7, 11) is 1.72. The molecule has 1 aromatic carbocycles. The van der Waals surface area contributed by atoms with Gasteiger partial charge in [0.15, 0.2) is 0 Å². The second-order valence-electron chi connectivity index (χ2n) is 3.48. The number of ether oxygens (including phenoxy) is 1. The molecule has 0 bridgehead atoms. The minimum Gasteiger partial charge on any atom is -0.439 e. The highest BCUT2D eigenvalue weighted by Gasteiger charge is 2.03. The van der Waals surface area contributed by atoms with E-state index in [4.69, 9.17) is 4.74 Å². The van der Waals surface area contributed by atoms with Crippen molar-refractivity contribution in [2.45, 2.75) is 6.92 Å². The van der Waals surface area contributed by atoms with Crippen LogP contribution in [0.3, 0.4) is 0 Å². The summed E-state index contributed by atoms with van der Waals surface area (Å²) < 4.78 is 18.4. The molecule has 0 amide bonds. The predicted octanol–water partition coefficient (Wildman–Crippen LogP) is 2.76. The fourth-order valence-electron chi connectivity index (χ4n) is 1.35.